The molecule has 6 nitrogen and oxygen atoms in total. The highest BCUT2D eigenvalue weighted by Gasteiger charge is 2.14. The van der Waals surface area contributed by atoms with Crippen molar-refractivity contribution in [3.8, 4) is 0 Å². The zero-order chi connectivity index (χ0) is 11.1. The van der Waals surface area contributed by atoms with Crippen molar-refractivity contribution in [1.82, 2.24) is 10.6 Å². The summed E-state index contributed by atoms with van der Waals surface area (Å²) in [5.74, 6) is -1.49. The minimum atomic E-state index is -1.42. The molecule has 0 aliphatic heterocycles. The summed E-state index contributed by atoms with van der Waals surface area (Å²) in [6.07, 6.45) is -1.41. The molecular weight excluding hydrogens is 188 g/mol. The van der Waals surface area contributed by atoms with E-state index in [1.165, 1.54) is 0 Å². The Morgan fingerprint density at radius 2 is 2.00 bits per heavy atom. The molecule has 0 aromatic rings. The van der Waals surface area contributed by atoms with Crippen LogP contribution in [0.4, 0.5) is 0 Å². The molecule has 0 radical (unpaired) electrons. The van der Waals surface area contributed by atoms with Gasteiger partial charge >= 0.3 is 5.97 Å². The number of nitrogens with one attached hydrogen (secondary N) is 2. The standard InChI is InChI=1S/C8H16N2O4/c1-5(9-2)7(12)10-4-3-6(11)8(13)14/h5-6,9,11H,3-4H2,1-2H3,(H,10,12)(H,13,14)/t5?,6-/m0/s1. The largest absolute Gasteiger partial charge is 0.479 e. The molecule has 0 aliphatic carbocycles. The van der Waals surface area contributed by atoms with Crippen molar-refractivity contribution in [3.05, 3.63) is 0 Å². The van der Waals surface area contributed by atoms with Crippen LogP contribution in [0.5, 0.6) is 0 Å². The van der Waals surface area contributed by atoms with Crippen LogP contribution in [-0.4, -0.2) is 47.8 Å². The number of amides is 1. The molecule has 0 fully saturated rings. The third-order valence-electron chi connectivity index (χ3n) is 1.83. The Morgan fingerprint density at radius 1 is 1.43 bits per heavy atom. The highest BCUT2D eigenvalue weighted by molar-refractivity contribution is 5.81. The number of aliphatic carboxylic acids is 1. The Morgan fingerprint density at radius 3 is 2.43 bits per heavy atom. The second-order valence-corrected chi connectivity index (χ2v) is 2.94. The zero-order valence-electron chi connectivity index (χ0n) is 8.28. The Kier molecular flexibility index (Phi) is 5.82. The Bertz CT molecular complexity index is 208. The smallest absolute Gasteiger partial charge is 0.332 e. The van der Waals surface area contributed by atoms with Crippen LogP contribution in [0, 0.1) is 0 Å². The predicted octanol–water partition coefficient (Wildman–Crippen LogP) is -1.45. The summed E-state index contributed by atoms with van der Waals surface area (Å²) >= 11 is 0. The van der Waals surface area contributed by atoms with Gasteiger partial charge in [0, 0.05) is 13.0 Å². The number of carbonyl (C=O) groups excluding carboxylic acids is 1. The molecule has 0 aliphatic rings. The van der Waals surface area contributed by atoms with Gasteiger partial charge in [0.1, 0.15) is 0 Å². The number of likely N-dealkylation sites (N-methyl/N-ethyl adjacent to an activating group) is 1. The van der Waals surface area contributed by atoms with E-state index in [0.29, 0.717) is 0 Å². The van der Waals surface area contributed by atoms with E-state index in [4.69, 9.17) is 10.2 Å². The third kappa shape index (κ3) is 4.78. The van der Waals surface area contributed by atoms with Crippen molar-refractivity contribution >= 4 is 11.9 Å². The highest BCUT2D eigenvalue weighted by atomic mass is 16.4. The lowest BCUT2D eigenvalue weighted by Gasteiger charge is -2.11. The second-order valence-electron chi connectivity index (χ2n) is 2.94. The summed E-state index contributed by atoms with van der Waals surface area (Å²) < 4.78 is 0. The van der Waals surface area contributed by atoms with E-state index in [-0.39, 0.29) is 24.9 Å². The van der Waals surface area contributed by atoms with Crippen LogP contribution < -0.4 is 10.6 Å². The Hall–Kier alpha value is -1.14. The van der Waals surface area contributed by atoms with Crippen LogP contribution in [0.15, 0.2) is 0 Å². The fraction of sp³-hybridized carbons (Fsp3) is 0.750. The summed E-state index contributed by atoms with van der Waals surface area (Å²) in [4.78, 5) is 21.3. The van der Waals surface area contributed by atoms with Gasteiger partial charge in [0.25, 0.3) is 0 Å². The molecule has 0 aromatic carbocycles. The molecule has 0 spiro atoms. The monoisotopic (exact) mass is 204 g/mol. The number of carbonyl (C=O) groups is 2. The highest BCUT2D eigenvalue weighted by Crippen LogP contribution is 1.89. The minimum Gasteiger partial charge on any atom is -0.479 e. The maximum atomic E-state index is 11.1. The first-order chi connectivity index (χ1) is 6.49. The molecule has 1 unspecified atom stereocenters. The number of carboxylic acid groups (broad SMARTS) is 1. The molecule has 0 bridgehead atoms. The molecule has 0 saturated carbocycles. The summed E-state index contributed by atoms with van der Waals surface area (Å²) in [5.41, 5.74) is 0. The van der Waals surface area contributed by atoms with E-state index >= 15 is 0 Å². The maximum Gasteiger partial charge on any atom is 0.332 e. The molecule has 4 N–H and O–H groups in total. The van der Waals surface area contributed by atoms with E-state index in [9.17, 15) is 9.59 Å². The zero-order valence-corrected chi connectivity index (χ0v) is 8.28. The number of hydrogen-bond acceptors (Lipinski definition) is 4. The van der Waals surface area contributed by atoms with E-state index in [1.807, 2.05) is 0 Å². The van der Waals surface area contributed by atoms with Gasteiger partial charge in [0.2, 0.25) is 5.91 Å². The van der Waals surface area contributed by atoms with Crippen molar-refractivity contribution in [2.75, 3.05) is 13.6 Å². The first-order valence-corrected chi connectivity index (χ1v) is 4.35. The van der Waals surface area contributed by atoms with Gasteiger partial charge in [0.15, 0.2) is 6.10 Å². The molecular formula is C8H16N2O4. The van der Waals surface area contributed by atoms with Crippen molar-refractivity contribution in [2.24, 2.45) is 0 Å². The molecule has 1 amide bonds. The fourth-order valence-corrected chi connectivity index (χ4v) is 0.740. The van der Waals surface area contributed by atoms with Crippen LogP contribution in [0.25, 0.3) is 0 Å². The Balaban J connectivity index is 3.64. The number of rotatable bonds is 6. The molecule has 0 rings (SSSR count). The number of hydrogen-bond donors (Lipinski definition) is 4. The van der Waals surface area contributed by atoms with Crippen LogP contribution in [0.3, 0.4) is 0 Å². The predicted molar refractivity (Wildman–Crippen MR) is 49.8 cm³/mol. The molecule has 6 heteroatoms. The summed E-state index contributed by atoms with van der Waals surface area (Å²) in [6, 6.07) is -0.322. The minimum absolute atomic E-state index is 0.0114. The van der Waals surface area contributed by atoms with Crippen molar-refractivity contribution in [2.45, 2.75) is 25.5 Å². The number of carboxylic acids is 1. The van der Waals surface area contributed by atoms with E-state index in [0.717, 1.165) is 0 Å². The van der Waals surface area contributed by atoms with Crippen molar-refractivity contribution in [3.63, 3.8) is 0 Å². The summed E-state index contributed by atoms with van der Waals surface area (Å²) in [6.45, 7) is 1.83. The molecule has 0 aromatic heterocycles. The van der Waals surface area contributed by atoms with Crippen LogP contribution >= 0.6 is 0 Å². The average Bonchev–Trinajstić information content (AvgIpc) is 2.15. The number of aliphatic hydroxyl groups is 1. The molecule has 0 saturated heterocycles. The summed E-state index contributed by atoms with van der Waals surface area (Å²) in [7, 11) is 1.65. The first-order valence-electron chi connectivity index (χ1n) is 4.35. The molecule has 14 heavy (non-hydrogen) atoms. The van der Waals surface area contributed by atoms with Gasteiger partial charge in [0.05, 0.1) is 6.04 Å². The molecule has 2 atom stereocenters. The normalized spacial score (nSPS) is 14.5. The molecule has 0 heterocycles. The Labute approximate surface area is 82.3 Å². The van der Waals surface area contributed by atoms with Gasteiger partial charge in [-0.25, -0.2) is 4.79 Å². The quantitative estimate of drug-likeness (QED) is 0.424. The lowest BCUT2D eigenvalue weighted by atomic mass is 10.2. The van der Waals surface area contributed by atoms with Gasteiger partial charge in [-0.15, -0.1) is 0 Å². The molecule has 82 valence electrons. The SMILES string of the molecule is CNC(C)C(=O)NCC[C@H](O)C(=O)O. The third-order valence-corrected chi connectivity index (χ3v) is 1.83. The van der Waals surface area contributed by atoms with E-state index in [1.54, 1.807) is 14.0 Å². The number of aliphatic hydroxyl groups excluding tert-OH is 1. The van der Waals surface area contributed by atoms with Gasteiger partial charge in [-0.2, -0.15) is 0 Å². The van der Waals surface area contributed by atoms with Crippen LogP contribution in [0.2, 0.25) is 0 Å². The summed E-state index contributed by atoms with van der Waals surface area (Å²) in [5, 5.41) is 22.4. The van der Waals surface area contributed by atoms with Gasteiger partial charge in [-0.3, -0.25) is 4.79 Å². The lowest BCUT2D eigenvalue weighted by Crippen LogP contribution is -2.41. The maximum absolute atomic E-state index is 11.1. The van der Waals surface area contributed by atoms with Crippen LogP contribution in [0.1, 0.15) is 13.3 Å². The van der Waals surface area contributed by atoms with Gasteiger partial charge in [-0.1, -0.05) is 0 Å². The van der Waals surface area contributed by atoms with Crippen molar-refractivity contribution in [1.29, 1.82) is 0 Å². The topological polar surface area (TPSA) is 98.7 Å². The second kappa shape index (κ2) is 6.33. The van der Waals surface area contributed by atoms with Gasteiger partial charge < -0.3 is 20.8 Å². The lowest BCUT2D eigenvalue weighted by molar-refractivity contribution is -0.147. The van der Waals surface area contributed by atoms with E-state index in [2.05, 4.69) is 10.6 Å². The van der Waals surface area contributed by atoms with Crippen molar-refractivity contribution < 1.29 is 19.8 Å². The van der Waals surface area contributed by atoms with Gasteiger partial charge in [-0.05, 0) is 14.0 Å². The average molecular weight is 204 g/mol. The van der Waals surface area contributed by atoms with Crippen LogP contribution in [-0.2, 0) is 9.59 Å². The fourth-order valence-electron chi connectivity index (χ4n) is 0.740. The van der Waals surface area contributed by atoms with E-state index < -0.39 is 12.1 Å². The first kappa shape index (κ1) is 12.9.